The highest BCUT2D eigenvalue weighted by molar-refractivity contribution is 5.94. The van der Waals surface area contributed by atoms with Gasteiger partial charge in [-0.15, -0.1) is 5.10 Å². The summed E-state index contributed by atoms with van der Waals surface area (Å²) in [4.78, 5) is 14.3. The van der Waals surface area contributed by atoms with Crippen LogP contribution in [0.15, 0.2) is 36.7 Å². The molecule has 0 unspecified atom stereocenters. The molecule has 1 N–H and O–H groups in total. The van der Waals surface area contributed by atoms with Crippen LogP contribution in [0.4, 0.5) is 5.69 Å². The number of anilines is 1. The molecule has 2 aromatic rings. The summed E-state index contributed by atoms with van der Waals surface area (Å²) in [6, 6.07) is 8.05. The van der Waals surface area contributed by atoms with Crippen molar-refractivity contribution in [3.05, 3.63) is 42.2 Å². The number of para-hydroxylation sites is 1. The molecule has 0 radical (unpaired) electrons. The Morgan fingerprint density at radius 1 is 1.35 bits per heavy atom. The fourth-order valence-corrected chi connectivity index (χ4v) is 2.41. The molecule has 1 amide bonds. The Balaban J connectivity index is 1.73. The second-order valence-electron chi connectivity index (χ2n) is 4.77. The maximum absolute atomic E-state index is 12.4. The van der Waals surface area contributed by atoms with Crippen molar-refractivity contribution in [3.63, 3.8) is 0 Å². The third-order valence-electron chi connectivity index (χ3n) is 3.44. The van der Waals surface area contributed by atoms with Gasteiger partial charge in [-0.25, -0.2) is 0 Å². The fraction of sp³-hybridized carbons (Fsp3) is 0.357. The van der Waals surface area contributed by atoms with Crippen molar-refractivity contribution in [1.29, 1.82) is 0 Å². The van der Waals surface area contributed by atoms with Crippen LogP contribution in [-0.4, -0.2) is 34.0 Å². The van der Waals surface area contributed by atoms with Crippen LogP contribution in [0.25, 0.3) is 0 Å². The first-order valence-electron chi connectivity index (χ1n) is 6.78. The van der Waals surface area contributed by atoms with Gasteiger partial charge in [-0.05, 0) is 11.6 Å². The smallest absolute Gasteiger partial charge is 0.228 e. The number of hydrogen-bond acceptors (Lipinski definition) is 4. The molecule has 0 saturated heterocycles. The molecule has 0 fully saturated rings. The molecular weight excluding hydrogens is 254 g/mol. The molecule has 0 bridgehead atoms. The molecule has 104 valence electrons. The zero-order chi connectivity index (χ0) is 13.8. The highest BCUT2D eigenvalue weighted by atomic mass is 16.2. The van der Waals surface area contributed by atoms with Crippen molar-refractivity contribution >= 4 is 11.6 Å². The number of amides is 1. The van der Waals surface area contributed by atoms with Crippen molar-refractivity contribution in [3.8, 4) is 0 Å². The first-order chi connectivity index (χ1) is 9.84. The van der Waals surface area contributed by atoms with Gasteiger partial charge in [0.25, 0.3) is 0 Å². The summed E-state index contributed by atoms with van der Waals surface area (Å²) in [5, 5.41) is 11.0. The van der Waals surface area contributed by atoms with Crippen molar-refractivity contribution in [2.45, 2.75) is 19.5 Å². The van der Waals surface area contributed by atoms with E-state index < -0.39 is 0 Å². The van der Waals surface area contributed by atoms with Gasteiger partial charge < -0.3 is 10.2 Å². The maximum Gasteiger partial charge on any atom is 0.228 e. The molecule has 0 atom stereocenters. The van der Waals surface area contributed by atoms with Crippen molar-refractivity contribution in [2.75, 3.05) is 18.0 Å². The highest BCUT2D eigenvalue weighted by Gasteiger charge is 2.20. The van der Waals surface area contributed by atoms with Crippen LogP contribution in [0.2, 0.25) is 0 Å². The molecule has 6 heteroatoms. The normalized spacial score (nSPS) is 14.7. The summed E-state index contributed by atoms with van der Waals surface area (Å²) in [6.07, 6.45) is 3.82. The van der Waals surface area contributed by atoms with Crippen LogP contribution in [0.3, 0.4) is 0 Å². The van der Waals surface area contributed by atoms with Gasteiger partial charge in [0.1, 0.15) is 0 Å². The topological polar surface area (TPSA) is 63.1 Å². The second kappa shape index (κ2) is 5.83. The number of nitrogens with zero attached hydrogens (tertiary/aromatic N) is 4. The van der Waals surface area contributed by atoms with Crippen molar-refractivity contribution < 1.29 is 4.79 Å². The maximum atomic E-state index is 12.4. The number of hydrogen-bond donors (Lipinski definition) is 1. The predicted octanol–water partition coefficient (Wildman–Crippen LogP) is 0.805. The number of fused-ring (bicyclic) bond motifs is 1. The van der Waals surface area contributed by atoms with Gasteiger partial charge in [0.15, 0.2) is 0 Å². The Kier molecular flexibility index (Phi) is 3.73. The van der Waals surface area contributed by atoms with E-state index in [1.807, 2.05) is 23.1 Å². The standard InChI is InChI=1S/C14H17N5O/c20-14(5-8-18-9-7-16-17-18)19-10-6-15-11-12-3-1-2-4-13(12)19/h1-4,7,9,15H,5-6,8,10-11H2. The van der Waals surface area contributed by atoms with Gasteiger partial charge in [0, 0.05) is 37.9 Å². The van der Waals surface area contributed by atoms with Crippen molar-refractivity contribution in [2.24, 2.45) is 0 Å². The molecule has 20 heavy (non-hydrogen) atoms. The number of aryl methyl sites for hydroxylation is 1. The number of benzene rings is 1. The zero-order valence-electron chi connectivity index (χ0n) is 11.2. The Morgan fingerprint density at radius 3 is 3.10 bits per heavy atom. The Hall–Kier alpha value is -2.21. The SMILES string of the molecule is O=C(CCn1ccnn1)N1CCNCc2ccccc21. The summed E-state index contributed by atoms with van der Waals surface area (Å²) >= 11 is 0. The third-order valence-corrected chi connectivity index (χ3v) is 3.44. The van der Waals surface area contributed by atoms with E-state index in [2.05, 4.69) is 21.7 Å². The van der Waals surface area contributed by atoms with E-state index in [9.17, 15) is 4.79 Å². The number of carbonyl (C=O) groups is 1. The lowest BCUT2D eigenvalue weighted by Gasteiger charge is -2.22. The van der Waals surface area contributed by atoms with E-state index >= 15 is 0 Å². The zero-order valence-corrected chi connectivity index (χ0v) is 11.2. The third kappa shape index (κ3) is 2.70. The van der Waals surface area contributed by atoms with Gasteiger partial charge in [-0.2, -0.15) is 0 Å². The minimum atomic E-state index is 0.122. The van der Waals surface area contributed by atoms with Crippen LogP contribution in [0.5, 0.6) is 0 Å². The molecular formula is C14H17N5O. The summed E-state index contributed by atoms with van der Waals surface area (Å²) in [5.41, 5.74) is 2.18. The molecule has 1 aliphatic heterocycles. The van der Waals surface area contributed by atoms with Crippen LogP contribution in [0, 0.1) is 0 Å². The Bertz CT molecular complexity index is 581. The molecule has 0 saturated carbocycles. The first kappa shape index (κ1) is 12.8. The summed E-state index contributed by atoms with van der Waals surface area (Å²) in [7, 11) is 0. The van der Waals surface area contributed by atoms with E-state index in [-0.39, 0.29) is 5.91 Å². The van der Waals surface area contributed by atoms with E-state index in [1.165, 1.54) is 5.56 Å². The average Bonchev–Trinajstić information content (AvgIpc) is 2.90. The Labute approximate surface area is 117 Å². The van der Waals surface area contributed by atoms with Crippen LogP contribution >= 0.6 is 0 Å². The number of nitrogens with one attached hydrogen (secondary N) is 1. The largest absolute Gasteiger partial charge is 0.311 e. The van der Waals surface area contributed by atoms with Gasteiger partial charge in [0.05, 0.1) is 12.7 Å². The molecule has 1 aromatic heterocycles. The van der Waals surface area contributed by atoms with Crippen LogP contribution in [0.1, 0.15) is 12.0 Å². The number of aromatic nitrogens is 3. The number of carbonyl (C=O) groups excluding carboxylic acids is 1. The first-order valence-corrected chi connectivity index (χ1v) is 6.78. The summed E-state index contributed by atoms with van der Waals surface area (Å²) < 4.78 is 1.68. The molecule has 0 spiro atoms. The average molecular weight is 271 g/mol. The molecule has 1 aromatic carbocycles. The Morgan fingerprint density at radius 2 is 2.25 bits per heavy atom. The monoisotopic (exact) mass is 271 g/mol. The quantitative estimate of drug-likeness (QED) is 0.897. The highest BCUT2D eigenvalue weighted by Crippen LogP contribution is 2.22. The van der Waals surface area contributed by atoms with E-state index in [0.717, 1.165) is 18.8 Å². The number of rotatable bonds is 3. The molecule has 0 aliphatic carbocycles. The molecule has 1 aliphatic rings. The predicted molar refractivity (Wildman–Crippen MR) is 75.1 cm³/mol. The second-order valence-corrected chi connectivity index (χ2v) is 4.77. The van der Waals surface area contributed by atoms with Crippen molar-refractivity contribution in [1.82, 2.24) is 20.3 Å². The molecule has 6 nitrogen and oxygen atoms in total. The summed E-state index contributed by atoms with van der Waals surface area (Å²) in [5.74, 6) is 0.122. The minimum absolute atomic E-state index is 0.122. The van der Waals surface area contributed by atoms with Crippen LogP contribution in [-0.2, 0) is 17.9 Å². The lowest BCUT2D eigenvalue weighted by atomic mass is 10.1. The van der Waals surface area contributed by atoms with Gasteiger partial charge >= 0.3 is 0 Å². The van der Waals surface area contributed by atoms with Gasteiger partial charge in [0.2, 0.25) is 5.91 Å². The van der Waals surface area contributed by atoms with Gasteiger partial charge in [-0.3, -0.25) is 9.48 Å². The molecule has 3 rings (SSSR count). The lowest BCUT2D eigenvalue weighted by molar-refractivity contribution is -0.118. The van der Waals surface area contributed by atoms with Crippen LogP contribution < -0.4 is 10.2 Å². The summed E-state index contributed by atoms with van der Waals surface area (Å²) in [6.45, 7) is 2.88. The fourth-order valence-electron chi connectivity index (χ4n) is 2.41. The van der Waals surface area contributed by atoms with Gasteiger partial charge in [-0.1, -0.05) is 23.4 Å². The minimum Gasteiger partial charge on any atom is -0.311 e. The van der Waals surface area contributed by atoms with E-state index in [0.29, 0.717) is 19.5 Å². The lowest BCUT2D eigenvalue weighted by Crippen LogP contribution is -2.35. The van der Waals surface area contributed by atoms with E-state index in [4.69, 9.17) is 0 Å². The van der Waals surface area contributed by atoms with E-state index in [1.54, 1.807) is 17.1 Å². The molecule has 2 heterocycles.